The number of hydrogen-bond acceptors (Lipinski definition) is 8. The van der Waals surface area contributed by atoms with Crippen LogP contribution in [0.4, 0.5) is 0 Å². The number of carboxylic acids is 1. The number of esters is 1. The van der Waals surface area contributed by atoms with Crippen LogP contribution in [0.2, 0.25) is 0 Å². The van der Waals surface area contributed by atoms with Crippen LogP contribution in [0.1, 0.15) is 99.4 Å². The number of aryl methyl sites for hydroxylation is 1. The molecule has 0 saturated carbocycles. The fraction of sp³-hybridized carbons (Fsp3) is 0.528. The number of benzene rings is 2. The van der Waals surface area contributed by atoms with Gasteiger partial charge in [0.1, 0.15) is 6.04 Å². The SMILES string of the molecule is CCC(=O)OC(CCCCN1C(=O)c2ccccc2C1=O)(O[P+](=O)CC(CCc1ccccc1)C(=O)N[C@@H](CC(C)C)C(=O)O)C(C)C. The normalized spacial score (nSPS) is 15.6. The lowest BCUT2D eigenvalue weighted by atomic mass is 9.96. The summed E-state index contributed by atoms with van der Waals surface area (Å²) in [5, 5.41) is 12.4. The number of amides is 3. The van der Waals surface area contributed by atoms with E-state index in [-0.39, 0.29) is 56.1 Å². The summed E-state index contributed by atoms with van der Waals surface area (Å²) in [6.45, 7) is 9.07. The largest absolute Gasteiger partial charge is 0.513 e. The molecule has 0 spiro atoms. The Labute approximate surface area is 283 Å². The molecule has 48 heavy (non-hydrogen) atoms. The molecule has 3 unspecified atom stereocenters. The van der Waals surface area contributed by atoms with E-state index in [1.54, 1.807) is 45.0 Å². The van der Waals surface area contributed by atoms with E-state index >= 15 is 0 Å². The van der Waals surface area contributed by atoms with Crippen LogP contribution in [-0.4, -0.2) is 64.2 Å². The summed E-state index contributed by atoms with van der Waals surface area (Å²) in [6.07, 6.45) is 1.75. The Bertz CT molecular complexity index is 1430. The van der Waals surface area contributed by atoms with Crippen LogP contribution < -0.4 is 5.32 Å². The lowest BCUT2D eigenvalue weighted by molar-refractivity contribution is -0.215. The van der Waals surface area contributed by atoms with Crippen molar-refractivity contribution in [2.75, 3.05) is 12.7 Å². The number of carboxylic acid groups (broad SMARTS) is 1. The van der Waals surface area contributed by atoms with Crippen LogP contribution in [0.15, 0.2) is 54.6 Å². The van der Waals surface area contributed by atoms with Crippen molar-refractivity contribution < 1.29 is 42.9 Å². The quantitative estimate of drug-likeness (QED) is 0.0531. The van der Waals surface area contributed by atoms with E-state index in [0.29, 0.717) is 30.4 Å². The van der Waals surface area contributed by atoms with Crippen molar-refractivity contribution >= 4 is 37.7 Å². The molecule has 1 aliphatic rings. The molecule has 0 fully saturated rings. The van der Waals surface area contributed by atoms with Gasteiger partial charge in [-0.2, -0.15) is 0 Å². The highest BCUT2D eigenvalue weighted by Crippen LogP contribution is 2.41. The van der Waals surface area contributed by atoms with E-state index < -0.39 is 49.5 Å². The summed E-state index contributed by atoms with van der Waals surface area (Å²) in [5.41, 5.74) is 1.69. The number of hydrogen-bond donors (Lipinski definition) is 2. The van der Waals surface area contributed by atoms with Crippen molar-refractivity contribution in [3.63, 3.8) is 0 Å². The number of aliphatic carboxylic acids is 1. The molecule has 2 aromatic carbocycles. The van der Waals surface area contributed by atoms with E-state index in [9.17, 15) is 33.6 Å². The van der Waals surface area contributed by atoms with Crippen LogP contribution in [0.5, 0.6) is 0 Å². The van der Waals surface area contributed by atoms with Gasteiger partial charge in [0.25, 0.3) is 17.6 Å². The van der Waals surface area contributed by atoms with Crippen molar-refractivity contribution in [1.29, 1.82) is 0 Å². The molecule has 0 bridgehead atoms. The van der Waals surface area contributed by atoms with Gasteiger partial charge in [0, 0.05) is 25.3 Å². The Kier molecular flexibility index (Phi) is 14.4. The van der Waals surface area contributed by atoms with Gasteiger partial charge in [-0.25, -0.2) is 4.79 Å². The van der Waals surface area contributed by atoms with Crippen molar-refractivity contribution in [3.05, 3.63) is 71.3 Å². The minimum Gasteiger partial charge on any atom is -0.480 e. The van der Waals surface area contributed by atoms with Gasteiger partial charge in [0.2, 0.25) is 5.91 Å². The zero-order valence-electron chi connectivity index (χ0n) is 28.5. The fourth-order valence-corrected chi connectivity index (χ4v) is 7.11. The zero-order valence-corrected chi connectivity index (χ0v) is 29.4. The molecule has 2 N–H and O–H groups in total. The minimum absolute atomic E-state index is 0.0195. The lowest BCUT2D eigenvalue weighted by Gasteiger charge is -2.32. The molecule has 2 aromatic rings. The summed E-state index contributed by atoms with van der Waals surface area (Å²) < 4.78 is 25.7. The maximum Gasteiger partial charge on any atom is 0.513 e. The molecule has 0 saturated heterocycles. The Balaban J connectivity index is 1.75. The van der Waals surface area contributed by atoms with Gasteiger partial charge < -0.3 is 15.2 Å². The second-order valence-corrected chi connectivity index (χ2v) is 14.1. The minimum atomic E-state index is -2.58. The standard InChI is InChI=1S/C36H47N2O9P/c1-6-31(39)46-36(25(4)5,20-12-13-21-38-33(41)28-16-10-11-17-29(28)34(38)42)47-48(45)23-27(19-18-26-14-8-7-9-15-26)32(40)37-30(35(43)44)22-24(2)3/h7-11,14-17,24-25,27,30H,6,12-13,18-23H2,1-5H3,(H-,37,40,43,44)/p+1/t27?,30-,36?/m0/s1. The van der Waals surface area contributed by atoms with Crippen LogP contribution in [-0.2, 0) is 34.6 Å². The van der Waals surface area contributed by atoms with Crippen molar-refractivity contribution in [3.8, 4) is 0 Å². The molecule has 11 nitrogen and oxygen atoms in total. The van der Waals surface area contributed by atoms with Gasteiger partial charge in [-0.3, -0.25) is 24.1 Å². The van der Waals surface area contributed by atoms with Gasteiger partial charge in [-0.05, 0) is 60.3 Å². The Morgan fingerprint density at radius 3 is 2.08 bits per heavy atom. The monoisotopic (exact) mass is 683 g/mol. The zero-order chi connectivity index (χ0) is 35.4. The topological polar surface area (TPSA) is 156 Å². The van der Waals surface area contributed by atoms with Gasteiger partial charge in [0.15, 0.2) is 6.16 Å². The number of ether oxygens (including phenoxy) is 1. The predicted octanol–water partition coefficient (Wildman–Crippen LogP) is 6.38. The highest BCUT2D eigenvalue weighted by molar-refractivity contribution is 7.39. The van der Waals surface area contributed by atoms with E-state index in [1.165, 1.54) is 4.90 Å². The average molecular weight is 684 g/mol. The Hall–Kier alpha value is -3.95. The molecule has 0 aliphatic carbocycles. The molecular weight excluding hydrogens is 635 g/mol. The average Bonchev–Trinajstić information content (AvgIpc) is 3.29. The maximum atomic E-state index is 13.8. The molecule has 260 valence electrons. The molecule has 3 rings (SSSR count). The number of carbonyl (C=O) groups is 5. The van der Waals surface area contributed by atoms with E-state index in [1.807, 2.05) is 44.2 Å². The van der Waals surface area contributed by atoms with Gasteiger partial charge in [0.05, 0.1) is 17.0 Å². The third kappa shape index (κ3) is 10.5. The summed E-state index contributed by atoms with van der Waals surface area (Å²) in [6, 6.07) is 15.0. The van der Waals surface area contributed by atoms with Gasteiger partial charge in [-0.15, -0.1) is 0 Å². The van der Waals surface area contributed by atoms with E-state index in [2.05, 4.69) is 5.32 Å². The Morgan fingerprint density at radius 1 is 0.938 bits per heavy atom. The first kappa shape index (κ1) is 38.5. The van der Waals surface area contributed by atoms with Crippen LogP contribution in [0, 0.1) is 17.8 Å². The highest BCUT2D eigenvalue weighted by atomic mass is 31.1. The third-order valence-corrected chi connectivity index (χ3v) is 9.68. The maximum absolute atomic E-state index is 13.8. The number of unbranched alkanes of at least 4 members (excludes halogenated alkanes) is 1. The number of imide groups is 1. The first-order chi connectivity index (χ1) is 22.8. The molecular formula is C36H48N2O9P+. The second-order valence-electron chi connectivity index (χ2n) is 12.9. The smallest absolute Gasteiger partial charge is 0.480 e. The highest BCUT2D eigenvalue weighted by Gasteiger charge is 2.48. The predicted molar refractivity (Wildman–Crippen MR) is 180 cm³/mol. The first-order valence-electron chi connectivity index (χ1n) is 16.7. The van der Waals surface area contributed by atoms with Crippen molar-refractivity contribution in [2.24, 2.45) is 17.8 Å². The summed E-state index contributed by atoms with van der Waals surface area (Å²) in [7, 11) is -2.58. The number of carbonyl (C=O) groups excluding carboxylic acids is 4. The fourth-order valence-electron chi connectivity index (χ4n) is 5.64. The van der Waals surface area contributed by atoms with E-state index in [0.717, 1.165) is 5.56 Å². The summed E-state index contributed by atoms with van der Waals surface area (Å²) in [4.78, 5) is 64.8. The van der Waals surface area contributed by atoms with Crippen LogP contribution >= 0.6 is 8.03 Å². The first-order valence-corrected chi connectivity index (χ1v) is 18.0. The summed E-state index contributed by atoms with van der Waals surface area (Å²) >= 11 is 0. The third-order valence-electron chi connectivity index (χ3n) is 8.43. The molecule has 0 aromatic heterocycles. The lowest BCUT2D eigenvalue weighted by Crippen LogP contribution is -2.45. The number of rotatable bonds is 20. The second kappa shape index (κ2) is 18.0. The Morgan fingerprint density at radius 2 is 1.54 bits per heavy atom. The molecule has 12 heteroatoms. The number of nitrogens with zero attached hydrogens (tertiary/aromatic N) is 1. The van der Waals surface area contributed by atoms with Gasteiger partial charge in [-0.1, -0.05) is 81.6 Å². The van der Waals surface area contributed by atoms with Crippen molar-refractivity contribution in [2.45, 2.75) is 91.4 Å². The van der Waals surface area contributed by atoms with Gasteiger partial charge >= 0.3 is 20.0 Å². The summed E-state index contributed by atoms with van der Waals surface area (Å²) in [5.74, 6) is -5.81. The molecule has 0 radical (unpaired) electrons. The molecule has 4 atom stereocenters. The van der Waals surface area contributed by atoms with E-state index in [4.69, 9.17) is 9.26 Å². The number of nitrogens with one attached hydrogen (secondary N) is 1. The van der Waals surface area contributed by atoms with Crippen LogP contribution in [0.3, 0.4) is 0 Å². The number of fused-ring (bicyclic) bond motifs is 1. The van der Waals surface area contributed by atoms with Crippen molar-refractivity contribution in [1.82, 2.24) is 10.2 Å². The molecule has 1 aliphatic heterocycles. The molecule has 1 heterocycles. The van der Waals surface area contributed by atoms with Crippen LogP contribution in [0.25, 0.3) is 0 Å². The molecule has 3 amide bonds.